The van der Waals surface area contributed by atoms with E-state index in [9.17, 15) is 19.2 Å². The van der Waals surface area contributed by atoms with E-state index >= 15 is 0 Å². The molecule has 0 atom stereocenters. The molecule has 0 unspecified atom stereocenters. The molecule has 5 rings (SSSR count). The Kier molecular flexibility index (Phi) is 3.69. The van der Waals surface area contributed by atoms with Crippen molar-refractivity contribution in [3.8, 4) is 0 Å². The summed E-state index contributed by atoms with van der Waals surface area (Å²) in [7, 11) is 0. The first-order valence-corrected chi connectivity index (χ1v) is 9.58. The number of anilines is 1. The molecule has 6 nitrogen and oxygen atoms in total. The number of carbonyl (C=O) groups excluding carboxylic acids is 4. The van der Waals surface area contributed by atoms with Gasteiger partial charge in [-0.25, -0.2) is 4.90 Å². The molecular weight excluding hydrogens is 356 g/mol. The van der Waals surface area contributed by atoms with Gasteiger partial charge in [0.25, 0.3) is 23.6 Å². The van der Waals surface area contributed by atoms with E-state index in [2.05, 4.69) is 0 Å². The molecule has 1 aliphatic carbocycles. The normalized spacial score (nSPS) is 19.4. The molecule has 2 aliphatic heterocycles. The third kappa shape index (κ3) is 2.21. The molecule has 1 fully saturated rings. The molecule has 2 aromatic carbocycles. The zero-order valence-electron chi connectivity index (χ0n) is 15.2. The summed E-state index contributed by atoms with van der Waals surface area (Å²) in [4.78, 5) is 54.3. The fourth-order valence-corrected chi connectivity index (χ4v) is 4.55. The van der Waals surface area contributed by atoms with Gasteiger partial charge in [-0.15, -0.1) is 0 Å². The Balaban J connectivity index is 1.59. The van der Waals surface area contributed by atoms with Crippen molar-refractivity contribution < 1.29 is 19.2 Å². The number of nitrogens with zero attached hydrogens (tertiary/aromatic N) is 2. The summed E-state index contributed by atoms with van der Waals surface area (Å²) in [6.07, 6.45) is 4.69. The van der Waals surface area contributed by atoms with Crippen LogP contribution in [0.1, 0.15) is 73.5 Å². The molecule has 0 bridgehead atoms. The lowest BCUT2D eigenvalue weighted by molar-refractivity contribution is 0.0549. The molecule has 6 heteroatoms. The van der Waals surface area contributed by atoms with Crippen LogP contribution in [0.5, 0.6) is 0 Å². The van der Waals surface area contributed by atoms with Crippen molar-refractivity contribution in [3.05, 3.63) is 64.7 Å². The summed E-state index contributed by atoms with van der Waals surface area (Å²) in [5.41, 5.74) is 1.24. The lowest BCUT2D eigenvalue weighted by Crippen LogP contribution is -2.41. The van der Waals surface area contributed by atoms with Gasteiger partial charge < -0.3 is 0 Å². The molecule has 3 aliphatic rings. The van der Waals surface area contributed by atoms with Crippen LogP contribution in [0.2, 0.25) is 0 Å². The van der Waals surface area contributed by atoms with Gasteiger partial charge in [0.15, 0.2) is 0 Å². The van der Waals surface area contributed by atoms with Crippen molar-refractivity contribution in [3.63, 3.8) is 0 Å². The molecule has 2 aromatic rings. The van der Waals surface area contributed by atoms with E-state index in [-0.39, 0.29) is 28.8 Å². The first kappa shape index (κ1) is 16.9. The van der Waals surface area contributed by atoms with Crippen molar-refractivity contribution in [2.24, 2.45) is 0 Å². The number of fused-ring (bicyclic) bond motifs is 2. The van der Waals surface area contributed by atoms with Crippen LogP contribution in [0.15, 0.2) is 42.5 Å². The molecular formula is C22H18N2O4. The molecule has 140 valence electrons. The standard InChI is InChI=1S/C22H18N2O4/c25-19-14-9-4-5-10-15(14)20(26)24(19)17-12-6-11-16-18(17)22(28)23(21(16)27)13-7-2-1-3-8-13/h4-6,9-13H,1-3,7-8H2. The minimum absolute atomic E-state index is 0.115. The van der Waals surface area contributed by atoms with Crippen LogP contribution in [0.3, 0.4) is 0 Å². The second kappa shape index (κ2) is 6.12. The van der Waals surface area contributed by atoms with Gasteiger partial charge in [0.1, 0.15) is 0 Å². The van der Waals surface area contributed by atoms with Gasteiger partial charge in [-0.1, -0.05) is 37.5 Å². The second-order valence-electron chi connectivity index (χ2n) is 7.46. The summed E-state index contributed by atoms with van der Waals surface area (Å²) in [5, 5.41) is 0. The molecule has 0 spiro atoms. The topological polar surface area (TPSA) is 74.8 Å². The number of carbonyl (C=O) groups is 4. The lowest BCUT2D eigenvalue weighted by atomic mass is 9.94. The van der Waals surface area contributed by atoms with E-state index in [1.54, 1.807) is 42.5 Å². The highest BCUT2D eigenvalue weighted by atomic mass is 16.2. The quantitative estimate of drug-likeness (QED) is 0.755. The van der Waals surface area contributed by atoms with Crippen molar-refractivity contribution in [2.75, 3.05) is 4.90 Å². The Bertz CT molecular complexity index is 1020. The summed E-state index contributed by atoms with van der Waals surface area (Å²) < 4.78 is 0. The molecule has 1 saturated carbocycles. The average Bonchev–Trinajstić information content (AvgIpc) is 3.14. The van der Waals surface area contributed by atoms with Crippen molar-refractivity contribution in [2.45, 2.75) is 38.1 Å². The minimum atomic E-state index is -0.467. The summed E-state index contributed by atoms with van der Waals surface area (Å²) >= 11 is 0. The Labute approximate surface area is 161 Å². The summed E-state index contributed by atoms with van der Waals surface area (Å²) in [5.74, 6) is -1.67. The Morgan fingerprint density at radius 3 is 1.89 bits per heavy atom. The Morgan fingerprint density at radius 2 is 1.25 bits per heavy atom. The van der Waals surface area contributed by atoms with Crippen LogP contribution >= 0.6 is 0 Å². The van der Waals surface area contributed by atoms with Gasteiger partial charge in [-0.2, -0.15) is 0 Å². The smallest absolute Gasteiger partial charge is 0.266 e. The number of hydrogen-bond acceptors (Lipinski definition) is 4. The molecule has 2 heterocycles. The monoisotopic (exact) mass is 374 g/mol. The van der Waals surface area contributed by atoms with Gasteiger partial charge in [0.2, 0.25) is 0 Å². The SMILES string of the molecule is O=C1c2ccccc2C(=O)N1c1cccc2c1C(=O)N(C1CCCCC1)C2=O. The Morgan fingerprint density at radius 1 is 0.643 bits per heavy atom. The Hall–Kier alpha value is -3.28. The van der Waals surface area contributed by atoms with Crippen LogP contribution < -0.4 is 4.90 Å². The molecule has 4 amide bonds. The fraction of sp³-hybridized carbons (Fsp3) is 0.273. The summed E-state index contributed by atoms with van der Waals surface area (Å²) in [6, 6.07) is 11.3. The van der Waals surface area contributed by atoms with E-state index < -0.39 is 17.7 Å². The first-order valence-electron chi connectivity index (χ1n) is 9.58. The zero-order valence-corrected chi connectivity index (χ0v) is 15.2. The van der Waals surface area contributed by atoms with Crippen LogP contribution in [0.4, 0.5) is 5.69 Å². The van der Waals surface area contributed by atoms with E-state index in [0.717, 1.165) is 37.0 Å². The predicted molar refractivity (Wildman–Crippen MR) is 101 cm³/mol. The molecule has 0 radical (unpaired) electrons. The maximum Gasteiger partial charge on any atom is 0.266 e. The van der Waals surface area contributed by atoms with Crippen LogP contribution in [-0.2, 0) is 0 Å². The van der Waals surface area contributed by atoms with E-state index in [4.69, 9.17) is 0 Å². The van der Waals surface area contributed by atoms with Crippen molar-refractivity contribution >= 4 is 29.3 Å². The molecule has 28 heavy (non-hydrogen) atoms. The van der Waals surface area contributed by atoms with Gasteiger partial charge in [0.05, 0.1) is 27.9 Å². The van der Waals surface area contributed by atoms with E-state index in [1.165, 1.54) is 4.90 Å². The molecule has 0 aromatic heterocycles. The third-order valence-electron chi connectivity index (χ3n) is 5.90. The summed E-state index contributed by atoms with van der Waals surface area (Å²) in [6.45, 7) is 0. The number of benzene rings is 2. The highest BCUT2D eigenvalue weighted by Crippen LogP contribution is 2.38. The van der Waals surface area contributed by atoms with Crippen LogP contribution in [0.25, 0.3) is 0 Å². The molecule has 0 N–H and O–H groups in total. The first-order chi connectivity index (χ1) is 13.6. The average molecular weight is 374 g/mol. The highest BCUT2D eigenvalue weighted by Gasteiger charge is 2.45. The van der Waals surface area contributed by atoms with E-state index in [0.29, 0.717) is 11.1 Å². The van der Waals surface area contributed by atoms with Crippen LogP contribution in [-0.4, -0.2) is 34.6 Å². The van der Waals surface area contributed by atoms with Gasteiger partial charge in [-0.05, 0) is 37.1 Å². The van der Waals surface area contributed by atoms with Crippen molar-refractivity contribution in [1.82, 2.24) is 4.90 Å². The van der Waals surface area contributed by atoms with Gasteiger partial charge >= 0.3 is 0 Å². The number of rotatable bonds is 2. The largest absolute Gasteiger partial charge is 0.271 e. The number of hydrogen-bond donors (Lipinski definition) is 0. The molecule has 0 saturated heterocycles. The fourth-order valence-electron chi connectivity index (χ4n) is 4.55. The van der Waals surface area contributed by atoms with Gasteiger partial charge in [-0.3, -0.25) is 24.1 Å². The van der Waals surface area contributed by atoms with Crippen molar-refractivity contribution in [1.29, 1.82) is 0 Å². The third-order valence-corrected chi connectivity index (χ3v) is 5.90. The lowest BCUT2D eigenvalue weighted by Gasteiger charge is -2.29. The van der Waals surface area contributed by atoms with Crippen LogP contribution in [0, 0.1) is 0 Å². The minimum Gasteiger partial charge on any atom is -0.271 e. The highest BCUT2D eigenvalue weighted by molar-refractivity contribution is 6.36. The zero-order chi connectivity index (χ0) is 19.4. The van der Waals surface area contributed by atoms with Gasteiger partial charge in [0, 0.05) is 6.04 Å². The maximum atomic E-state index is 13.2. The van der Waals surface area contributed by atoms with E-state index in [1.807, 2.05) is 0 Å². The number of imide groups is 2. The predicted octanol–water partition coefficient (Wildman–Crippen LogP) is 3.42. The number of amides is 4. The maximum absolute atomic E-state index is 13.2. The second-order valence-corrected chi connectivity index (χ2v) is 7.46.